The van der Waals surface area contributed by atoms with E-state index in [0.717, 1.165) is 22.5 Å². The van der Waals surface area contributed by atoms with Gasteiger partial charge in [0.1, 0.15) is 5.75 Å². The molecule has 1 heterocycles. The Morgan fingerprint density at radius 1 is 1.17 bits per heavy atom. The van der Waals surface area contributed by atoms with E-state index in [-0.39, 0.29) is 4.90 Å². The molecule has 6 nitrogen and oxygen atoms in total. The molecule has 7 heteroatoms. The van der Waals surface area contributed by atoms with Gasteiger partial charge in [-0.1, -0.05) is 0 Å². The van der Waals surface area contributed by atoms with Gasteiger partial charge in [0.15, 0.2) is 0 Å². The fourth-order valence-electron chi connectivity index (χ4n) is 2.60. The Balaban J connectivity index is 2.15. The van der Waals surface area contributed by atoms with Gasteiger partial charge in [-0.15, -0.1) is 0 Å². The molecule has 0 aliphatic rings. The van der Waals surface area contributed by atoms with Crippen LogP contribution in [0.2, 0.25) is 0 Å². The molecule has 0 aliphatic carbocycles. The van der Waals surface area contributed by atoms with Crippen molar-refractivity contribution in [3.05, 3.63) is 40.2 Å². The van der Waals surface area contributed by atoms with Crippen LogP contribution >= 0.6 is 0 Å². The zero-order chi connectivity index (χ0) is 17.2. The normalized spacial score (nSPS) is 11.7. The monoisotopic (exact) mass is 337 g/mol. The van der Waals surface area contributed by atoms with E-state index in [1.807, 2.05) is 20.8 Å². The van der Waals surface area contributed by atoms with Crippen LogP contribution in [0.15, 0.2) is 17.0 Å². The SMILES string of the molecule is COc1cc(C)c(S(=O)(=O)NCCc2c(C)n[nH]c2C)cc1C. The van der Waals surface area contributed by atoms with Gasteiger partial charge in [0.05, 0.1) is 17.7 Å². The first-order valence-corrected chi connectivity index (χ1v) is 8.90. The average molecular weight is 337 g/mol. The Morgan fingerprint density at radius 3 is 2.43 bits per heavy atom. The van der Waals surface area contributed by atoms with E-state index in [1.165, 1.54) is 0 Å². The summed E-state index contributed by atoms with van der Waals surface area (Å²) < 4.78 is 32.9. The average Bonchev–Trinajstić information content (AvgIpc) is 2.80. The lowest BCUT2D eigenvalue weighted by molar-refractivity contribution is 0.411. The van der Waals surface area contributed by atoms with Crippen molar-refractivity contribution in [2.45, 2.75) is 39.0 Å². The molecule has 0 unspecified atom stereocenters. The molecule has 1 aromatic heterocycles. The minimum Gasteiger partial charge on any atom is -0.496 e. The first-order chi connectivity index (χ1) is 10.8. The zero-order valence-corrected chi connectivity index (χ0v) is 15.0. The van der Waals surface area contributed by atoms with Crippen LogP contribution in [0.1, 0.15) is 28.1 Å². The Morgan fingerprint density at radius 2 is 1.87 bits per heavy atom. The molecule has 23 heavy (non-hydrogen) atoms. The molecular formula is C16H23N3O3S. The van der Waals surface area contributed by atoms with Crippen molar-refractivity contribution < 1.29 is 13.2 Å². The van der Waals surface area contributed by atoms with Gasteiger partial charge in [0.25, 0.3) is 0 Å². The highest BCUT2D eigenvalue weighted by atomic mass is 32.2. The molecule has 0 fully saturated rings. The minimum atomic E-state index is -3.55. The molecule has 1 aromatic carbocycles. The van der Waals surface area contributed by atoms with Crippen LogP contribution in [-0.4, -0.2) is 32.3 Å². The van der Waals surface area contributed by atoms with E-state index in [4.69, 9.17) is 4.74 Å². The smallest absolute Gasteiger partial charge is 0.240 e. The third-order valence-corrected chi connectivity index (χ3v) is 5.53. The van der Waals surface area contributed by atoms with Crippen LogP contribution < -0.4 is 9.46 Å². The van der Waals surface area contributed by atoms with Crippen LogP contribution in [0.4, 0.5) is 0 Å². The van der Waals surface area contributed by atoms with Gasteiger partial charge in [0, 0.05) is 12.2 Å². The number of aromatic nitrogens is 2. The summed E-state index contributed by atoms with van der Waals surface area (Å²) >= 11 is 0. The van der Waals surface area contributed by atoms with E-state index in [0.29, 0.717) is 24.3 Å². The highest BCUT2D eigenvalue weighted by Crippen LogP contribution is 2.25. The summed E-state index contributed by atoms with van der Waals surface area (Å²) in [6.45, 7) is 7.76. The summed E-state index contributed by atoms with van der Waals surface area (Å²) in [6.07, 6.45) is 0.599. The summed E-state index contributed by atoms with van der Waals surface area (Å²) in [5.74, 6) is 0.686. The van der Waals surface area contributed by atoms with Crippen LogP contribution in [0.3, 0.4) is 0 Å². The third kappa shape index (κ3) is 3.73. The number of nitrogens with zero attached hydrogens (tertiary/aromatic N) is 1. The van der Waals surface area contributed by atoms with Crippen LogP contribution in [-0.2, 0) is 16.4 Å². The fourth-order valence-corrected chi connectivity index (χ4v) is 3.94. The fraction of sp³-hybridized carbons (Fsp3) is 0.438. The van der Waals surface area contributed by atoms with E-state index >= 15 is 0 Å². The topological polar surface area (TPSA) is 84.1 Å². The third-order valence-electron chi connectivity index (χ3n) is 3.93. The number of ether oxygens (including phenoxy) is 1. The number of hydrogen-bond acceptors (Lipinski definition) is 4. The van der Waals surface area contributed by atoms with Crippen LogP contribution in [0, 0.1) is 27.7 Å². The number of aryl methyl sites for hydroxylation is 4. The first-order valence-electron chi connectivity index (χ1n) is 7.41. The Labute approximate surface area is 137 Å². The molecule has 0 atom stereocenters. The lowest BCUT2D eigenvalue weighted by atomic mass is 10.1. The largest absolute Gasteiger partial charge is 0.496 e. The van der Waals surface area contributed by atoms with Gasteiger partial charge >= 0.3 is 0 Å². The standard InChI is InChI=1S/C16H23N3O3S/c1-10-9-16(11(2)8-15(10)22-5)23(20,21)17-7-6-14-12(3)18-19-13(14)4/h8-9,17H,6-7H2,1-5H3,(H,18,19). The molecular weight excluding hydrogens is 314 g/mol. The summed E-state index contributed by atoms with van der Waals surface area (Å²) in [6, 6.07) is 3.39. The van der Waals surface area contributed by atoms with E-state index in [9.17, 15) is 8.42 Å². The predicted molar refractivity (Wildman–Crippen MR) is 89.4 cm³/mol. The van der Waals surface area contributed by atoms with Gasteiger partial charge in [-0.25, -0.2) is 13.1 Å². The molecule has 2 rings (SSSR count). The van der Waals surface area contributed by atoms with E-state index in [2.05, 4.69) is 14.9 Å². The van der Waals surface area contributed by atoms with E-state index < -0.39 is 10.0 Å². The zero-order valence-electron chi connectivity index (χ0n) is 14.1. The number of hydrogen-bond donors (Lipinski definition) is 2. The molecule has 0 saturated heterocycles. The number of aromatic amines is 1. The molecule has 0 amide bonds. The number of nitrogens with one attached hydrogen (secondary N) is 2. The molecule has 2 aromatic rings. The first kappa shape index (κ1) is 17.5. The second-order valence-corrected chi connectivity index (χ2v) is 7.38. The quantitative estimate of drug-likeness (QED) is 0.846. The maximum absolute atomic E-state index is 12.5. The number of H-pyrrole nitrogens is 1. The summed E-state index contributed by atoms with van der Waals surface area (Å²) in [7, 11) is -1.98. The Bertz CT molecular complexity index is 791. The lowest BCUT2D eigenvalue weighted by Gasteiger charge is -2.13. The highest BCUT2D eigenvalue weighted by Gasteiger charge is 2.18. The lowest BCUT2D eigenvalue weighted by Crippen LogP contribution is -2.27. The van der Waals surface area contributed by atoms with Crippen molar-refractivity contribution in [3.63, 3.8) is 0 Å². The molecule has 0 bridgehead atoms. The number of benzene rings is 1. The van der Waals surface area contributed by atoms with E-state index in [1.54, 1.807) is 26.2 Å². The van der Waals surface area contributed by atoms with Crippen molar-refractivity contribution in [2.24, 2.45) is 0 Å². The molecule has 0 saturated carbocycles. The summed E-state index contributed by atoms with van der Waals surface area (Å²) in [5, 5.41) is 7.02. The second-order valence-electron chi connectivity index (χ2n) is 5.65. The summed E-state index contributed by atoms with van der Waals surface area (Å²) in [5.41, 5.74) is 4.38. The van der Waals surface area contributed by atoms with Gasteiger partial charge in [-0.2, -0.15) is 5.10 Å². The van der Waals surface area contributed by atoms with Gasteiger partial charge in [0.2, 0.25) is 10.0 Å². The Hall–Kier alpha value is -1.86. The summed E-state index contributed by atoms with van der Waals surface area (Å²) in [4.78, 5) is 0.288. The Kier molecular flexibility index (Phi) is 5.11. The molecule has 0 aliphatic heterocycles. The maximum atomic E-state index is 12.5. The van der Waals surface area contributed by atoms with Crippen LogP contribution in [0.5, 0.6) is 5.75 Å². The molecule has 126 valence electrons. The maximum Gasteiger partial charge on any atom is 0.240 e. The van der Waals surface area contributed by atoms with Crippen molar-refractivity contribution in [1.82, 2.24) is 14.9 Å². The molecule has 0 radical (unpaired) electrons. The van der Waals surface area contributed by atoms with Crippen molar-refractivity contribution in [2.75, 3.05) is 13.7 Å². The highest BCUT2D eigenvalue weighted by molar-refractivity contribution is 7.89. The van der Waals surface area contributed by atoms with Gasteiger partial charge < -0.3 is 4.74 Å². The number of methoxy groups -OCH3 is 1. The van der Waals surface area contributed by atoms with Crippen molar-refractivity contribution in [3.8, 4) is 5.75 Å². The number of sulfonamides is 1. The van der Waals surface area contributed by atoms with Gasteiger partial charge in [-0.3, -0.25) is 5.10 Å². The second kappa shape index (κ2) is 6.72. The van der Waals surface area contributed by atoms with Crippen molar-refractivity contribution >= 4 is 10.0 Å². The minimum absolute atomic E-state index is 0.288. The molecule has 2 N–H and O–H groups in total. The van der Waals surface area contributed by atoms with Crippen LogP contribution in [0.25, 0.3) is 0 Å². The van der Waals surface area contributed by atoms with Gasteiger partial charge in [-0.05, 0) is 62.9 Å². The predicted octanol–water partition coefficient (Wildman–Crippen LogP) is 2.17. The van der Waals surface area contributed by atoms with Crippen molar-refractivity contribution in [1.29, 1.82) is 0 Å². The number of rotatable bonds is 6. The molecule has 0 spiro atoms.